The van der Waals surface area contributed by atoms with Gasteiger partial charge in [-0.05, 0) is 103 Å². The van der Waals surface area contributed by atoms with Gasteiger partial charge in [-0.15, -0.1) is 22.7 Å². The molecule has 0 aliphatic rings. The zero-order chi connectivity index (χ0) is 48.0. The van der Waals surface area contributed by atoms with E-state index in [2.05, 4.69) is 79.5 Å². The molecule has 0 radical (unpaired) electrons. The zero-order valence-electron chi connectivity index (χ0n) is 37.4. The molecule has 7 aromatic heterocycles. The second kappa shape index (κ2) is 28.3. The molecule has 0 spiro atoms. The van der Waals surface area contributed by atoms with Gasteiger partial charge in [0.25, 0.3) is 12.9 Å². The summed E-state index contributed by atoms with van der Waals surface area (Å²) in [5.74, 6) is 6.87. The van der Waals surface area contributed by atoms with Gasteiger partial charge in [-0.25, -0.2) is 4.98 Å². The standard InChI is InChI=1S/C25H31F3N3S.C24H15N3O4S.CNS.Ru/c1-3-5-7-9-11-18-15-20(12-10-8-6-4-2)32-24(18)19-13-14-29-21(16-19)22-17-23(31-30-22)25(26,27)28;1-16-8-20(32-13-16)3-2-17-4-6-25-21(9-17)23-11-19(31-15-29)12-24(27-23)22-10-18(30-14-28)5-7-26-22;2-1-3;/h13-17H,3-12H2,1-2H3;4-15H,1H3;;/q-1;;-1;+2. The summed E-state index contributed by atoms with van der Waals surface area (Å²) in [7, 11) is 0. The Morgan fingerprint density at radius 1 is 0.750 bits per heavy atom. The number of aryl methyl sites for hydroxylation is 3. The average Bonchev–Trinajstić information content (AvgIpc) is 4.10. The van der Waals surface area contributed by atoms with Crippen LogP contribution in [0.25, 0.3) is 50.0 Å². The van der Waals surface area contributed by atoms with Gasteiger partial charge in [-0.1, -0.05) is 82.1 Å². The predicted octanol–water partition coefficient (Wildman–Crippen LogP) is 12.8. The van der Waals surface area contributed by atoms with E-state index in [1.54, 1.807) is 59.3 Å². The maximum absolute atomic E-state index is 12.9. The third kappa shape index (κ3) is 16.9. The second-order valence-electron chi connectivity index (χ2n) is 14.9. The van der Waals surface area contributed by atoms with Crippen molar-refractivity contribution in [2.24, 2.45) is 0 Å². The van der Waals surface area contributed by atoms with Crippen LogP contribution in [-0.4, -0.2) is 43.1 Å². The maximum Gasteiger partial charge on any atom is 2.00 e. The van der Waals surface area contributed by atoms with Gasteiger partial charge in [-0.3, -0.25) is 24.5 Å². The van der Waals surface area contributed by atoms with Gasteiger partial charge in [0.15, 0.2) is 0 Å². The number of alkyl halides is 3. The van der Waals surface area contributed by atoms with Crippen molar-refractivity contribution in [1.82, 2.24) is 30.1 Å². The summed E-state index contributed by atoms with van der Waals surface area (Å²) in [5, 5.41) is 17.5. The molecule has 0 aliphatic heterocycles. The van der Waals surface area contributed by atoms with Crippen molar-refractivity contribution in [2.45, 2.75) is 91.2 Å². The quantitative estimate of drug-likeness (QED) is 0.0201. The summed E-state index contributed by atoms with van der Waals surface area (Å²) in [6, 6.07) is 19.0. The van der Waals surface area contributed by atoms with Crippen LogP contribution in [0.2, 0.25) is 0 Å². The molecule has 0 unspecified atom stereocenters. The average molecular weight is 1060 g/mol. The number of hydrogen-bond acceptors (Lipinski definition) is 12. The Hall–Kier alpha value is -6.08. The fraction of sp³-hybridized carbons (Fsp3) is 0.280. The maximum atomic E-state index is 12.9. The molecule has 7 aromatic rings. The molecule has 0 N–H and O–H groups in total. The summed E-state index contributed by atoms with van der Waals surface area (Å²) >= 11 is 7.09. The fourth-order valence-electron chi connectivity index (χ4n) is 6.63. The van der Waals surface area contributed by atoms with Gasteiger partial charge in [0.2, 0.25) is 0 Å². The van der Waals surface area contributed by atoms with Crippen LogP contribution in [0.15, 0.2) is 90.7 Å². The Morgan fingerprint density at radius 2 is 1.37 bits per heavy atom. The molecule has 18 heteroatoms. The smallest absolute Gasteiger partial charge is 0.753 e. The van der Waals surface area contributed by atoms with E-state index in [0.717, 1.165) is 41.3 Å². The Morgan fingerprint density at radius 3 is 2.00 bits per heavy atom. The number of carbonyl (C=O) groups is 2. The minimum absolute atomic E-state index is 0. The molecule has 0 aromatic carbocycles. The number of nitrogens with zero attached hydrogens (tertiary/aromatic N) is 7. The van der Waals surface area contributed by atoms with Gasteiger partial charge in [0, 0.05) is 52.1 Å². The molecule has 0 aliphatic carbocycles. The van der Waals surface area contributed by atoms with Crippen LogP contribution < -0.4 is 14.6 Å². The van der Waals surface area contributed by atoms with Crippen molar-refractivity contribution in [2.75, 3.05) is 0 Å². The van der Waals surface area contributed by atoms with E-state index in [1.807, 2.05) is 37.3 Å². The van der Waals surface area contributed by atoms with E-state index in [-0.39, 0.29) is 30.9 Å². The third-order valence-electron chi connectivity index (χ3n) is 9.79. The molecule has 0 fully saturated rings. The van der Waals surface area contributed by atoms with Crippen LogP contribution in [0.5, 0.6) is 11.5 Å². The normalized spacial score (nSPS) is 10.4. The number of ether oxygens (including phenoxy) is 2. The molecule has 0 saturated carbocycles. The van der Waals surface area contributed by atoms with Crippen LogP contribution in [-0.2, 0) is 48.1 Å². The zero-order valence-corrected chi connectivity index (χ0v) is 41.5. The Kier molecular flexibility index (Phi) is 22.7. The molecular formula is C50H46F3N7O4RuS3. The van der Waals surface area contributed by atoms with Crippen LogP contribution >= 0.6 is 34.9 Å². The number of isothiocyanates is 1. The molecule has 0 saturated heterocycles. The SMILES string of the molecule is CCCCCCc1cc(CCCCCC)c(-c2ccnc(-c3cc(C(F)(F)F)n[n-]3)c2)s1.Cc1csc(C#Cc2ccnc(-c3cc(OC=O)cc(-c4cc(OC=O)ccn4)n3)c2)c1.[N-]=C=S.[Ru+2]. The first kappa shape index (κ1) is 54.5. The number of unbranched alkanes of at least 4 members (excludes halogenated alkanes) is 6. The van der Waals surface area contributed by atoms with Gasteiger partial charge in [0.1, 0.15) is 17.2 Å². The number of aromatic nitrogens is 6. The number of pyridine rings is 4. The number of hydrogen-bond donors (Lipinski definition) is 0. The molecule has 0 amide bonds. The van der Waals surface area contributed by atoms with E-state index < -0.39 is 11.9 Å². The van der Waals surface area contributed by atoms with E-state index >= 15 is 0 Å². The van der Waals surface area contributed by atoms with E-state index in [0.29, 0.717) is 47.2 Å². The topological polar surface area (TPSA) is 153 Å². The second-order valence-corrected chi connectivity index (χ2v) is 17.1. The first-order valence-corrected chi connectivity index (χ1v) is 23.5. The molecule has 7 heterocycles. The summed E-state index contributed by atoms with van der Waals surface area (Å²) < 4.78 is 48.7. The molecular weight excluding hydrogens is 1020 g/mol. The van der Waals surface area contributed by atoms with Crippen LogP contribution in [0.3, 0.4) is 0 Å². The van der Waals surface area contributed by atoms with Crippen molar-refractivity contribution in [3.05, 3.63) is 128 Å². The van der Waals surface area contributed by atoms with Crippen molar-refractivity contribution in [1.29, 1.82) is 0 Å². The Bertz CT molecular complexity index is 2810. The summed E-state index contributed by atoms with van der Waals surface area (Å²) in [5.41, 5.74) is 5.73. The number of halogens is 3. The number of thiophene rings is 2. The first-order chi connectivity index (χ1) is 32.5. The summed E-state index contributed by atoms with van der Waals surface area (Å²) in [6.07, 6.45) is 12.1. The molecule has 68 heavy (non-hydrogen) atoms. The van der Waals surface area contributed by atoms with Gasteiger partial charge in [-0.2, -0.15) is 18.3 Å². The monoisotopic (exact) mass is 1060 g/mol. The summed E-state index contributed by atoms with van der Waals surface area (Å²) in [4.78, 5) is 42.7. The Labute approximate surface area is 419 Å². The number of rotatable bonds is 18. The number of thiocarbonyl (C=S) groups is 1. The first-order valence-electron chi connectivity index (χ1n) is 21.4. The van der Waals surface area contributed by atoms with Crippen molar-refractivity contribution >= 4 is 53.0 Å². The van der Waals surface area contributed by atoms with Crippen LogP contribution in [0.4, 0.5) is 13.2 Å². The predicted molar refractivity (Wildman–Crippen MR) is 260 cm³/mol. The minimum Gasteiger partial charge on any atom is -0.753 e. The van der Waals surface area contributed by atoms with E-state index in [9.17, 15) is 22.8 Å². The Balaban J connectivity index is 0.000000277. The van der Waals surface area contributed by atoms with E-state index in [4.69, 9.17) is 14.9 Å². The van der Waals surface area contributed by atoms with Gasteiger partial charge < -0.3 is 25.1 Å². The molecule has 352 valence electrons. The van der Waals surface area contributed by atoms with Crippen LogP contribution in [0.1, 0.15) is 97.4 Å². The molecule has 0 bridgehead atoms. The fourth-order valence-corrected chi connectivity index (χ4v) is 8.62. The van der Waals surface area contributed by atoms with E-state index in [1.165, 1.54) is 77.2 Å². The third-order valence-corrected chi connectivity index (χ3v) is 12.0. The molecule has 7 rings (SSSR count). The van der Waals surface area contributed by atoms with Crippen molar-refractivity contribution < 1.29 is 51.7 Å². The number of carbonyl (C=O) groups excluding carboxylic acids is 2. The van der Waals surface area contributed by atoms with Gasteiger partial charge >= 0.3 is 25.7 Å². The minimum atomic E-state index is -4.51. The molecule has 0 atom stereocenters. The molecule has 11 nitrogen and oxygen atoms in total. The largest absolute Gasteiger partial charge is 2.00 e. The van der Waals surface area contributed by atoms with Gasteiger partial charge in [0.05, 0.1) is 33.3 Å². The van der Waals surface area contributed by atoms with Crippen molar-refractivity contribution in [3.8, 4) is 67.9 Å². The van der Waals surface area contributed by atoms with Crippen molar-refractivity contribution in [3.63, 3.8) is 0 Å². The summed E-state index contributed by atoms with van der Waals surface area (Å²) in [6.45, 7) is 7.12. The van der Waals surface area contributed by atoms with Crippen LogP contribution in [0, 0.1) is 18.8 Å².